The molecule has 0 atom stereocenters. The van der Waals surface area contributed by atoms with E-state index in [1.165, 1.54) is 11.1 Å². The van der Waals surface area contributed by atoms with Crippen molar-refractivity contribution < 1.29 is 4.74 Å². The van der Waals surface area contributed by atoms with Gasteiger partial charge in [-0.15, -0.1) is 11.6 Å². The van der Waals surface area contributed by atoms with Crippen LogP contribution in [0.2, 0.25) is 0 Å². The summed E-state index contributed by atoms with van der Waals surface area (Å²) in [6.07, 6.45) is 2.06. The van der Waals surface area contributed by atoms with Crippen LogP contribution >= 0.6 is 11.6 Å². The maximum atomic E-state index is 5.67. The van der Waals surface area contributed by atoms with E-state index in [-0.39, 0.29) is 0 Å². The lowest BCUT2D eigenvalue weighted by Crippen LogP contribution is -1.97. The summed E-state index contributed by atoms with van der Waals surface area (Å²) in [6.45, 7) is 4.83. The highest BCUT2D eigenvalue weighted by atomic mass is 35.5. The SMILES string of the molecule is CCOc1cccc(CCCCl)c1C. The third-order valence-corrected chi connectivity index (χ3v) is 2.54. The molecule has 0 fully saturated rings. The molecule has 0 unspecified atom stereocenters. The zero-order chi connectivity index (χ0) is 10.4. The minimum Gasteiger partial charge on any atom is -0.494 e. The minimum atomic E-state index is 0.721. The Hall–Kier alpha value is -0.690. The molecule has 0 aliphatic heterocycles. The van der Waals surface area contributed by atoms with Crippen molar-refractivity contribution in [2.75, 3.05) is 12.5 Å². The average Bonchev–Trinajstić information content (AvgIpc) is 2.20. The molecule has 0 bridgehead atoms. The van der Waals surface area contributed by atoms with E-state index in [4.69, 9.17) is 16.3 Å². The lowest BCUT2D eigenvalue weighted by Gasteiger charge is -2.10. The van der Waals surface area contributed by atoms with Crippen LogP contribution in [0.25, 0.3) is 0 Å². The van der Waals surface area contributed by atoms with Crippen LogP contribution in [0.1, 0.15) is 24.5 Å². The molecule has 0 aromatic heterocycles. The summed E-state index contributed by atoms with van der Waals surface area (Å²) in [5.41, 5.74) is 2.59. The second-order valence-electron chi connectivity index (χ2n) is 3.27. The Morgan fingerprint density at radius 2 is 2.14 bits per heavy atom. The van der Waals surface area contributed by atoms with Gasteiger partial charge < -0.3 is 4.74 Å². The van der Waals surface area contributed by atoms with Crippen LogP contribution in [-0.2, 0) is 6.42 Å². The van der Waals surface area contributed by atoms with Crippen molar-refractivity contribution in [3.05, 3.63) is 29.3 Å². The Labute approximate surface area is 91.0 Å². The summed E-state index contributed by atoms with van der Waals surface area (Å²) in [6, 6.07) is 6.20. The summed E-state index contributed by atoms with van der Waals surface area (Å²) >= 11 is 5.67. The molecule has 1 rings (SSSR count). The number of hydrogen-bond acceptors (Lipinski definition) is 1. The van der Waals surface area contributed by atoms with Gasteiger partial charge in [0, 0.05) is 5.88 Å². The van der Waals surface area contributed by atoms with Crippen LogP contribution in [0.4, 0.5) is 0 Å². The first-order chi connectivity index (χ1) is 6.79. The molecule has 0 aliphatic rings. The summed E-state index contributed by atoms with van der Waals surface area (Å²) in [4.78, 5) is 0. The van der Waals surface area contributed by atoms with Crippen molar-refractivity contribution in [1.82, 2.24) is 0 Å². The molecule has 0 N–H and O–H groups in total. The van der Waals surface area contributed by atoms with Crippen LogP contribution < -0.4 is 4.74 Å². The lowest BCUT2D eigenvalue weighted by molar-refractivity contribution is 0.337. The van der Waals surface area contributed by atoms with Gasteiger partial charge >= 0.3 is 0 Å². The molecular weight excluding hydrogens is 196 g/mol. The van der Waals surface area contributed by atoms with Gasteiger partial charge in [-0.1, -0.05) is 12.1 Å². The standard InChI is InChI=1S/C12H17ClO/c1-3-14-12-8-4-6-11(10(12)2)7-5-9-13/h4,6,8H,3,5,7,9H2,1-2H3. The number of rotatable bonds is 5. The highest BCUT2D eigenvalue weighted by Crippen LogP contribution is 2.22. The van der Waals surface area contributed by atoms with Crippen molar-refractivity contribution in [1.29, 1.82) is 0 Å². The van der Waals surface area contributed by atoms with Gasteiger partial charge in [0.15, 0.2) is 0 Å². The predicted octanol–water partition coefficient (Wildman–Crippen LogP) is 3.57. The molecule has 0 spiro atoms. The van der Waals surface area contributed by atoms with Gasteiger partial charge in [0.1, 0.15) is 5.75 Å². The molecule has 1 aromatic carbocycles. The molecule has 78 valence electrons. The van der Waals surface area contributed by atoms with Crippen molar-refractivity contribution in [2.45, 2.75) is 26.7 Å². The van der Waals surface area contributed by atoms with Gasteiger partial charge in [-0.3, -0.25) is 0 Å². The molecule has 0 saturated carbocycles. The minimum absolute atomic E-state index is 0.721. The first-order valence-corrected chi connectivity index (χ1v) is 5.60. The van der Waals surface area contributed by atoms with E-state index in [0.29, 0.717) is 0 Å². The van der Waals surface area contributed by atoms with E-state index in [1.54, 1.807) is 0 Å². The zero-order valence-corrected chi connectivity index (χ0v) is 9.60. The Balaban J connectivity index is 2.78. The number of ether oxygens (including phenoxy) is 1. The van der Waals surface area contributed by atoms with Crippen molar-refractivity contribution in [2.24, 2.45) is 0 Å². The second kappa shape index (κ2) is 5.92. The lowest BCUT2D eigenvalue weighted by atomic mass is 10.0. The number of aryl methyl sites for hydroxylation is 1. The highest BCUT2D eigenvalue weighted by Gasteiger charge is 2.03. The molecule has 14 heavy (non-hydrogen) atoms. The summed E-state index contributed by atoms with van der Waals surface area (Å²) in [5, 5.41) is 0. The van der Waals surface area contributed by atoms with Crippen molar-refractivity contribution >= 4 is 11.6 Å². The van der Waals surface area contributed by atoms with Gasteiger partial charge in [-0.25, -0.2) is 0 Å². The van der Waals surface area contributed by atoms with Crippen molar-refractivity contribution in [3.8, 4) is 5.75 Å². The Kier molecular flexibility index (Phi) is 4.81. The fourth-order valence-corrected chi connectivity index (χ4v) is 1.63. The largest absolute Gasteiger partial charge is 0.494 e. The molecule has 0 saturated heterocycles. The third kappa shape index (κ3) is 2.91. The van der Waals surface area contributed by atoms with E-state index in [1.807, 2.05) is 19.1 Å². The topological polar surface area (TPSA) is 9.23 Å². The number of halogens is 1. The highest BCUT2D eigenvalue weighted by molar-refractivity contribution is 6.17. The fourth-order valence-electron chi connectivity index (χ4n) is 1.50. The van der Waals surface area contributed by atoms with Gasteiger partial charge in [0.2, 0.25) is 0 Å². The number of hydrogen-bond donors (Lipinski definition) is 0. The Bertz CT molecular complexity index is 284. The molecule has 1 aromatic rings. The smallest absolute Gasteiger partial charge is 0.122 e. The fraction of sp³-hybridized carbons (Fsp3) is 0.500. The summed E-state index contributed by atoms with van der Waals surface area (Å²) in [7, 11) is 0. The molecule has 2 heteroatoms. The first-order valence-electron chi connectivity index (χ1n) is 5.06. The van der Waals surface area contributed by atoms with E-state index in [0.717, 1.165) is 31.1 Å². The molecule has 0 amide bonds. The van der Waals surface area contributed by atoms with Crippen molar-refractivity contribution in [3.63, 3.8) is 0 Å². The Morgan fingerprint density at radius 1 is 1.36 bits per heavy atom. The Morgan fingerprint density at radius 3 is 2.79 bits per heavy atom. The molecule has 0 aliphatic carbocycles. The van der Waals surface area contributed by atoms with Gasteiger partial charge in [0.25, 0.3) is 0 Å². The average molecular weight is 213 g/mol. The number of alkyl halides is 1. The number of benzene rings is 1. The van der Waals surface area contributed by atoms with Crippen LogP contribution in [0.3, 0.4) is 0 Å². The summed E-state index contributed by atoms with van der Waals surface area (Å²) < 4.78 is 5.52. The van der Waals surface area contributed by atoms with Crippen LogP contribution in [-0.4, -0.2) is 12.5 Å². The maximum Gasteiger partial charge on any atom is 0.122 e. The first kappa shape index (κ1) is 11.4. The van der Waals surface area contributed by atoms with Crippen LogP contribution in [0, 0.1) is 6.92 Å². The van der Waals surface area contributed by atoms with E-state index in [2.05, 4.69) is 13.0 Å². The van der Waals surface area contributed by atoms with Gasteiger partial charge in [-0.05, 0) is 43.9 Å². The normalized spacial score (nSPS) is 10.2. The van der Waals surface area contributed by atoms with E-state index < -0.39 is 0 Å². The molecular formula is C12H17ClO. The quantitative estimate of drug-likeness (QED) is 0.679. The molecule has 1 nitrogen and oxygen atoms in total. The third-order valence-electron chi connectivity index (χ3n) is 2.28. The monoisotopic (exact) mass is 212 g/mol. The maximum absolute atomic E-state index is 5.67. The van der Waals surface area contributed by atoms with Crippen LogP contribution in [0.5, 0.6) is 5.75 Å². The van der Waals surface area contributed by atoms with Gasteiger partial charge in [-0.2, -0.15) is 0 Å². The second-order valence-corrected chi connectivity index (χ2v) is 3.64. The molecule has 0 radical (unpaired) electrons. The predicted molar refractivity (Wildman–Crippen MR) is 61.4 cm³/mol. The summed E-state index contributed by atoms with van der Waals surface area (Å²) in [5.74, 6) is 1.72. The van der Waals surface area contributed by atoms with E-state index in [9.17, 15) is 0 Å². The van der Waals surface area contributed by atoms with Gasteiger partial charge in [0.05, 0.1) is 6.61 Å². The van der Waals surface area contributed by atoms with E-state index >= 15 is 0 Å². The zero-order valence-electron chi connectivity index (χ0n) is 8.85. The van der Waals surface area contributed by atoms with Crippen LogP contribution in [0.15, 0.2) is 18.2 Å². The molecule has 0 heterocycles.